The molecule has 2 aromatic rings. The molecule has 2 aromatic carbocycles. The monoisotopic (exact) mass is 418 g/mol. The van der Waals surface area contributed by atoms with Crippen molar-refractivity contribution in [1.29, 1.82) is 5.26 Å². The first-order valence-corrected chi connectivity index (χ1v) is 9.89. The van der Waals surface area contributed by atoms with Crippen LogP contribution in [0.2, 0.25) is 0 Å². The molecule has 0 radical (unpaired) electrons. The van der Waals surface area contributed by atoms with Crippen LogP contribution in [-0.4, -0.2) is 11.5 Å². The lowest BCUT2D eigenvalue weighted by molar-refractivity contribution is -0.116. The minimum atomic E-state index is -0.401. The first-order valence-electron chi connectivity index (χ1n) is 9.10. The molecule has 4 heteroatoms. The van der Waals surface area contributed by atoms with Gasteiger partial charge in [0.1, 0.15) is 0 Å². The Kier molecular flexibility index (Phi) is 4.80. The Hall–Kier alpha value is -2.51. The third kappa shape index (κ3) is 3.28. The molecule has 0 aromatic heterocycles. The lowest BCUT2D eigenvalue weighted by Crippen LogP contribution is -2.32. The summed E-state index contributed by atoms with van der Waals surface area (Å²) in [6.45, 7) is 1.90. The van der Waals surface area contributed by atoms with E-state index in [1.807, 2.05) is 49.4 Å². The molecule has 1 aliphatic carbocycles. The van der Waals surface area contributed by atoms with Crippen LogP contribution in [0.1, 0.15) is 42.7 Å². The van der Waals surface area contributed by atoms with Crippen LogP contribution >= 0.6 is 15.9 Å². The van der Waals surface area contributed by atoms with E-state index in [0.29, 0.717) is 6.42 Å². The van der Waals surface area contributed by atoms with E-state index in [9.17, 15) is 10.1 Å². The normalized spacial score (nSPS) is 24.9. The van der Waals surface area contributed by atoms with Crippen molar-refractivity contribution in [1.82, 2.24) is 0 Å². The second kappa shape index (κ2) is 7.25. The van der Waals surface area contributed by atoms with Crippen LogP contribution in [0.3, 0.4) is 0 Å². The predicted molar refractivity (Wildman–Crippen MR) is 110 cm³/mol. The van der Waals surface area contributed by atoms with Crippen LogP contribution < -0.4 is 0 Å². The molecule has 0 saturated carbocycles. The van der Waals surface area contributed by atoms with E-state index in [-0.39, 0.29) is 17.6 Å². The van der Waals surface area contributed by atoms with Crippen molar-refractivity contribution in [3.63, 3.8) is 0 Å². The minimum Gasteiger partial charge on any atom is -0.294 e. The molecule has 0 bridgehead atoms. The zero-order valence-electron chi connectivity index (χ0n) is 15.0. The fourth-order valence-corrected chi connectivity index (χ4v) is 4.48. The van der Waals surface area contributed by atoms with Gasteiger partial charge in [-0.2, -0.15) is 5.26 Å². The van der Waals surface area contributed by atoms with Gasteiger partial charge in [0.05, 0.1) is 12.0 Å². The van der Waals surface area contributed by atoms with Gasteiger partial charge < -0.3 is 0 Å². The summed E-state index contributed by atoms with van der Waals surface area (Å²) in [6, 6.07) is 20.5. The van der Waals surface area contributed by atoms with Crippen molar-refractivity contribution in [2.45, 2.75) is 31.6 Å². The summed E-state index contributed by atoms with van der Waals surface area (Å²) in [5.74, 6) is -0.366. The van der Waals surface area contributed by atoms with Crippen molar-refractivity contribution in [2.75, 3.05) is 0 Å². The van der Waals surface area contributed by atoms with E-state index >= 15 is 0 Å². The molecule has 2 aliphatic rings. The highest BCUT2D eigenvalue weighted by molar-refractivity contribution is 9.10. The highest BCUT2D eigenvalue weighted by atomic mass is 79.9. The topological polar surface area (TPSA) is 53.2 Å². The van der Waals surface area contributed by atoms with Gasteiger partial charge in [0.25, 0.3) is 0 Å². The number of carbonyl (C=O) groups excluding carboxylic acids is 1. The standard InChI is InChI=1S/C23H19BrN2O/c1-14-19(13-25)22(16-7-9-18(24)10-8-16)23-20(26-14)11-17(12-21(23)27)15-5-3-2-4-6-15/h2-10,17,19,22H,11-12H2,1H3/t17-,19?,22-/m0/s1. The number of carbonyl (C=O) groups is 1. The number of nitriles is 1. The number of benzene rings is 2. The molecule has 134 valence electrons. The molecule has 3 atom stereocenters. The molecule has 1 unspecified atom stereocenters. The molecule has 4 rings (SSSR count). The summed E-state index contributed by atoms with van der Waals surface area (Å²) < 4.78 is 0.981. The Bertz CT molecular complexity index is 983. The van der Waals surface area contributed by atoms with Crippen molar-refractivity contribution >= 4 is 27.4 Å². The van der Waals surface area contributed by atoms with Crippen LogP contribution in [0.5, 0.6) is 0 Å². The predicted octanol–water partition coefficient (Wildman–Crippen LogP) is 5.55. The molecule has 0 fully saturated rings. The number of ketones is 1. The first-order chi connectivity index (χ1) is 13.1. The van der Waals surface area contributed by atoms with Gasteiger partial charge in [-0.15, -0.1) is 0 Å². The molecular weight excluding hydrogens is 400 g/mol. The minimum absolute atomic E-state index is 0.120. The van der Waals surface area contributed by atoms with Crippen LogP contribution in [0, 0.1) is 17.2 Å². The lowest BCUT2D eigenvalue weighted by atomic mass is 9.70. The van der Waals surface area contributed by atoms with Crippen LogP contribution in [0.25, 0.3) is 0 Å². The summed E-state index contributed by atoms with van der Waals surface area (Å²) in [5.41, 5.74) is 4.57. The van der Waals surface area contributed by atoms with Crippen LogP contribution in [0.15, 0.2) is 75.3 Å². The van der Waals surface area contributed by atoms with E-state index in [4.69, 9.17) is 4.99 Å². The van der Waals surface area contributed by atoms with E-state index in [0.717, 1.165) is 33.4 Å². The summed E-state index contributed by atoms with van der Waals surface area (Å²) in [6.07, 6.45) is 1.22. The van der Waals surface area contributed by atoms with Crippen LogP contribution in [0.4, 0.5) is 0 Å². The van der Waals surface area contributed by atoms with E-state index in [1.54, 1.807) is 0 Å². The Morgan fingerprint density at radius 1 is 1.04 bits per heavy atom. The number of hydrogen-bond donors (Lipinski definition) is 0. The quantitative estimate of drug-likeness (QED) is 0.641. The number of hydrogen-bond acceptors (Lipinski definition) is 3. The Morgan fingerprint density at radius 3 is 2.41 bits per heavy atom. The number of Topliss-reactive ketones (excluding diaryl/α,β-unsaturated/α-hetero) is 1. The van der Waals surface area contributed by atoms with Gasteiger partial charge in [-0.3, -0.25) is 9.79 Å². The average Bonchev–Trinajstić information content (AvgIpc) is 2.68. The number of rotatable bonds is 2. The van der Waals surface area contributed by atoms with Gasteiger partial charge in [-0.25, -0.2) is 0 Å². The second-order valence-corrected chi connectivity index (χ2v) is 8.10. The molecule has 27 heavy (non-hydrogen) atoms. The molecule has 3 nitrogen and oxygen atoms in total. The molecular formula is C23H19BrN2O. The maximum atomic E-state index is 13.2. The molecule has 1 aliphatic heterocycles. The zero-order chi connectivity index (χ0) is 19.0. The fraction of sp³-hybridized carbons (Fsp3) is 0.261. The first kappa shape index (κ1) is 17.9. The summed E-state index contributed by atoms with van der Waals surface area (Å²) >= 11 is 3.46. The third-order valence-electron chi connectivity index (χ3n) is 5.53. The van der Waals surface area contributed by atoms with Gasteiger partial charge in [0.15, 0.2) is 5.78 Å². The average molecular weight is 419 g/mol. The number of allylic oxidation sites excluding steroid dienone is 2. The van der Waals surface area contributed by atoms with E-state index in [1.165, 1.54) is 5.56 Å². The van der Waals surface area contributed by atoms with Crippen molar-refractivity contribution in [3.8, 4) is 6.07 Å². The maximum Gasteiger partial charge on any atom is 0.161 e. The van der Waals surface area contributed by atoms with Crippen molar-refractivity contribution < 1.29 is 4.79 Å². The largest absolute Gasteiger partial charge is 0.294 e. The number of nitrogens with zero attached hydrogens (tertiary/aromatic N) is 2. The maximum absolute atomic E-state index is 13.2. The lowest BCUT2D eigenvalue weighted by Gasteiger charge is -2.35. The van der Waals surface area contributed by atoms with Gasteiger partial charge >= 0.3 is 0 Å². The highest BCUT2D eigenvalue weighted by Gasteiger charge is 2.41. The van der Waals surface area contributed by atoms with E-state index < -0.39 is 5.92 Å². The van der Waals surface area contributed by atoms with Crippen LogP contribution in [-0.2, 0) is 4.79 Å². The summed E-state index contributed by atoms with van der Waals surface area (Å²) in [5, 5.41) is 9.78. The molecule has 0 spiro atoms. The Balaban J connectivity index is 1.79. The highest BCUT2D eigenvalue weighted by Crippen LogP contribution is 2.46. The van der Waals surface area contributed by atoms with Crippen molar-refractivity contribution in [3.05, 3.63) is 81.5 Å². The van der Waals surface area contributed by atoms with Gasteiger partial charge in [-0.05, 0) is 42.5 Å². The molecule has 0 amide bonds. The molecule has 1 heterocycles. The Labute approximate surface area is 167 Å². The van der Waals surface area contributed by atoms with E-state index in [2.05, 4.69) is 34.1 Å². The van der Waals surface area contributed by atoms with Crippen molar-refractivity contribution in [2.24, 2.45) is 10.9 Å². The zero-order valence-corrected chi connectivity index (χ0v) is 16.6. The summed E-state index contributed by atoms with van der Waals surface area (Å²) in [4.78, 5) is 17.9. The van der Waals surface area contributed by atoms with Gasteiger partial charge in [0.2, 0.25) is 0 Å². The third-order valence-corrected chi connectivity index (χ3v) is 6.06. The smallest absolute Gasteiger partial charge is 0.161 e. The molecule has 0 saturated heterocycles. The summed E-state index contributed by atoms with van der Waals surface area (Å²) in [7, 11) is 0. The molecule has 0 N–H and O–H groups in total. The fourth-order valence-electron chi connectivity index (χ4n) is 4.22. The second-order valence-electron chi connectivity index (χ2n) is 7.19. The van der Waals surface area contributed by atoms with Gasteiger partial charge in [-0.1, -0.05) is 58.4 Å². The Morgan fingerprint density at radius 2 is 1.74 bits per heavy atom. The number of aliphatic imine (C=N–C) groups is 1. The SMILES string of the molecule is CC1=NC2=C(C(=O)C[C@@H](c3ccccc3)C2)[C@@H](c2ccc(Br)cc2)C1C#N. The van der Waals surface area contributed by atoms with Gasteiger partial charge in [0, 0.05) is 33.8 Å². The number of halogens is 1.